The molecule has 0 radical (unpaired) electrons. The lowest BCUT2D eigenvalue weighted by Gasteiger charge is -2.05. The van der Waals surface area contributed by atoms with E-state index in [1.54, 1.807) is 6.07 Å². The van der Waals surface area contributed by atoms with Crippen molar-refractivity contribution in [2.75, 3.05) is 0 Å². The maximum Gasteiger partial charge on any atom is 0.248 e. The molecule has 0 aliphatic carbocycles. The third kappa shape index (κ3) is 2.33. The standard InChI is InChI=1S/C14H13NO2/c1-9-3-4-10(2)12(7-9)14(17)11-5-6-15-13(16)8-11/h3-8H,1-2H3,(H,15,16). The highest BCUT2D eigenvalue weighted by Crippen LogP contribution is 2.14. The van der Waals surface area contributed by atoms with Crippen molar-refractivity contribution in [3.8, 4) is 0 Å². The van der Waals surface area contributed by atoms with Gasteiger partial charge >= 0.3 is 0 Å². The van der Waals surface area contributed by atoms with E-state index in [1.807, 2.05) is 32.0 Å². The Balaban J connectivity index is 2.51. The van der Waals surface area contributed by atoms with E-state index in [9.17, 15) is 9.59 Å². The van der Waals surface area contributed by atoms with Crippen molar-refractivity contribution in [3.05, 3.63) is 69.1 Å². The number of carbonyl (C=O) groups excluding carboxylic acids is 1. The van der Waals surface area contributed by atoms with E-state index in [2.05, 4.69) is 4.98 Å². The largest absolute Gasteiger partial charge is 0.329 e. The summed E-state index contributed by atoms with van der Waals surface area (Å²) in [4.78, 5) is 25.9. The highest BCUT2D eigenvalue weighted by atomic mass is 16.1. The number of hydrogen-bond acceptors (Lipinski definition) is 2. The van der Waals surface area contributed by atoms with Crippen LogP contribution in [0.4, 0.5) is 0 Å². The van der Waals surface area contributed by atoms with Gasteiger partial charge in [0.15, 0.2) is 5.78 Å². The number of aryl methyl sites for hydroxylation is 2. The molecule has 17 heavy (non-hydrogen) atoms. The van der Waals surface area contributed by atoms with Crippen molar-refractivity contribution < 1.29 is 4.79 Å². The molecule has 0 saturated carbocycles. The Morgan fingerprint density at radius 3 is 2.59 bits per heavy atom. The van der Waals surface area contributed by atoms with Gasteiger partial charge in [0.1, 0.15) is 0 Å². The Labute approximate surface area is 99.1 Å². The second-order valence-corrected chi connectivity index (χ2v) is 4.09. The van der Waals surface area contributed by atoms with Crippen LogP contribution in [0.15, 0.2) is 41.3 Å². The topological polar surface area (TPSA) is 49.9 Å². The number of aromatic nitrogens is 1. The minimum atomic E-state index is -0.263. The van der Waals surface area contributed by atoms with E-state index in [0.717, 1.165) is 11.1 Å². The molecule has 1 aromatic carbocycles. The first-order valence-corrected chi connectivity index (χ1v) is 5.38. The maximum absolute atomic E-state index is 12.2. The monoisotopic (exact) mass is 227 g/mol. The molecule has 0 atom stereocenters. The number of pyridine rings is 1. The molecule has 0 spiro atoms. The number of nitrogens with one attached hydrogen (secondary N) is 1. The number of aromatic amines is 1. The molecular formula is C14H13NO2. The fourth-order valence-corrected chi connectivity index (χ4v) is 1.72. The van der Waals surface area contributed by atoms with Crippen molar-refractivity contribution >= 4 is 5.78 Å². The molecule has 1 N–H and O–H groups in total. The van der Waals surface area contributed by atoms with E-state index >= 15 is 0 Å². The lowest BCUT2D eigenvalue weighted by atomic mass is 9.98. The summed E-state index contributed by atoms with van der Waals surface area (Å²) < 4.78 is 0. The Bertz CT molecular complexity index is 626. The summed E-state index contributed by atoms with van der Waals surface area (Å²) in [6.07, 6.45) is 1.49. The van der Waals surface area contributed by atoms with Gasteiger partial charge in [0.05, 0.1) is 0 Å². The van der Waals surface area contributed by atoms with Gasteiger partial charge in [-0.1, -0.05) is 17.7 Å². The van der Waals surface area contributed by atoms with Crippen LogP contribution < -0.4 is 5.56 Å². The SMILES string of the molecule is Cc1ccc(C)c(C(=O)c2cc[nH]c(=O)c2)c1. The van der Waals surface area contributed by atoms with Crippen molar-refractivity contribution in [1.29, 1.82) is 0 Å². The quantitative estimate of drug-likeness (QED) is 0.800. The molecule has 1 heterocycles. The van der Waals surface area contributed by atoms with Crippen molar-refractivity contribution in [2.24, 2.45) is 0 Å². The molecule has 0 aliphatic rings. The third-order valence-electron chi connectivity index (χ3n) is 2.67. The molecule has 0 aliphatic heterocycles. The van der Waals surface area contributed by atoms with Crippen LogP contribution in [0.5, 0.6) is 0 Å². The number of carbonyl (C=O) groups is 1. The van der Waals surface area contributed by atoms with Crippen LogP contribution in [0.3, 0.4) is 0 Å². The highest BCUT2D eigenvalue weighted by molar-refractivity contribution is 6.09. The Hall–Kier alpha value is -2.16. The number of benzene rings is 1. The highest BCUT2D eigenvalue weighted by Gasteiger charge is 2.11. The average Bonchev–Trinajstić information content (AvgIpc) is 2.31. The van der Waals surface area contributed by atoms with E-state index in [0.29, 0.717) is 11.1 Å². The van der Waals surface area contributed by atoms with Crippen LogP contribution >= 0.6 is 0 Å². The molecule has 0 bridgehead atoms. The lowest BCUT2D eigenvalue weighted by molar-refractivity contribution is 0.103. The number of rotatable bonds is 2. The van der Waals surface area contributed by atoms with Gasteiger partial charge < -0.3 is 4.98 Å². The summed E-state index contributed by atoms with van der Waals surface area (Å²) >= 11 is 0. The predicted molar refractivity (Wildman–Crippen MR) is 66.4 cm³/mol. The molecule has 2 rings (SSSR count). The van der Waals surface area contributed by atoms with Crippen molar-refractivity contribution in [3.63, 3.8) is 0 Å². The van der Waals surface area contributed by atoms with Gasteiger partial charge in [-0.25, -0.2) is 0 Å². The van der Waals surface area contributed by atoms with Gasteiger partial charge in [-0.15, -0.1) is 0 Å². The molecule has 0 unspecified atom stereocenters. The normalized spacial score (nSPS) is 10.2. The minimum Gasteiger partial charge on any atom is -0.329 e. The van der Waals surface area contributed by atoms with Crippen LogP contribution in [0.25, 0.3) is 0 Å². The molecule has 1 aromatic heterocycles. The second kappa shape index (κ2) is 4.37. The van der Waals surface area contributed by atoms with Gasteiger partial charge in [-0.05, 0) is 31.5 Å². The lowest BCUT2D eigenvalue weighted by Crippen LogP contribution is -2.10. The number of H-pyrrole nitrogens is 1. The molecule has 0 saturated heterocycles. The van der Waals surface area contributed by atoms with Crippen LogP contribution in [0.1, 0.15) is 27.0 Å². The van der Waals surface area contributed by atoms with Gasteiger partial charge in [-0.2, -0.15) is 0 Å². The van der Waals surface area contributed by atoms with Crippen LogP contribution in [0.2, 0.25) is 0 Å². The fourth-order valence-electron chi connectivity index (χ4n) is 1.72. The van der Waals surface area contributed by atoms with Crippen LogP contribution in [-0.2, 0) is 0 Å². The van der Waals surface area contributed by atoms with Crippen molar-refractivity contribution in [1.82, 2.24) is 4.98 Å². The zero-order valence-corrected chi connectivity index (χ0v) is 9.78. The molecular weight excluding hydrogens is 214 g/mol. The molecule has 0 amide bonds. The first kappa shape index (κ1) is 11.3. The molecule has 86 valence electrons. The average molecular weight is 227 g/mol. The Morgan fingerprint density at radius 2 is 1.88 bits per heavy atom. The van der Waals surface area contributed by atoms with Gasteiger partial charge in [0.2, 0.25) is 5.56 Å². The van der Waals surface area contributed by atoms with Crippen molar-refractivity contribution in [2.45, 2.75) is 13.8 Å². The van der Waals surface area contributed by atoms with E-state index in [-0.39, 0.29) is 11.3 Å². The van der Waals surface area contributed by atoms with Gasteiger partial charge in [-0.3, -0.25) is 9.59 Å². The molecule has 0 fully saturated rings. The van der Waals surface area contributed by atoms with Crippen LogP contribution in [0, 0.1) is 13.8 Å². The number of ketones is 1. The summed E-state index contributed by atoms with van der Waals surface area (Å²) in [7, 11) is 0. The maximum atomic E-state index is 12.2. The van der Waals surface area contributed by atoms with Gasteiger partial charge in [0.25, 0.3) is 0 Å². The summed E-state index contributed by atoms with van der Waals surface area (Å²) in [5.41, 5.74) is 2.75. The smallest absolute Gasteiger partial charge is 0.248 e. The van der Waals surface area contributed by atoms with E-state index in [4.69, 9.17) is 0 Å². The Kier molecular flexibility index (Phi) is 2.91. The summed E-state index contributed by atoms with van der Waals surface area (Å²) in [6.45, 7) is 3.83. The first-order valence-electron chi connectivity index (χ1n) is 5.38. The zero-order chi connectivity index (χ0) is 12.4. The summed E-state index contributed by atoms with van der Waals surface area (Å²) in [5.74, 6) is -0.114. The molecule has 3 heteroatoms. The second-order valence-electron chi connectivity index (χ2n) is 4.09. The fraction of sp³-hybridized carbons (Fsp3) is 0.143. The summed E-state index contributed by atoms with van der Waals surface area (Å²) in [5, 5.41) is 0. The summed E-state index contributed by atoms with van der Waals surface area (Å²) in [6, 6.07) is 8.66. The van der Waals surface area contributed by atoms with E-state index < -0.39 is 0 Å². The third-order valence-corrected chi connectivity index (χ3v) is 2.67. The zero-order valence-electron chi connectivity index (χ0n) is 9.78. The first-order chi connectivity index (χ1) is 8.08. The Morgan fingerprint density at radius 1 is 1.12 bits per heavy atom. The predicted octanol–water partition coefficient (Wildman–Crippen LogP) is 2.22. The van der Waals surface area contributed by atoms with Crippen LogP contribution in [-0.4, -0.2) is 10.8 Å². The molecule has 3 nitrogen and oxygen atoms in total. The molecule has 2 aromatic rings. The minimum absolute atomic E-state index is 0.114. The number of hydrogen-bond donors (Lipinski definition) is 1. The van der Waals surface area contributed by atoms with E-state index in [1.165, 1.54) is 12.3 Å². The van der Waals surface area contributed by atoms with Gasteiger partial charge in [0, 0.05) is 23.4 Å².